The second kappa shape index (κ2) is 9.96. The van der Waals surface area contributed by atoms with Crippen LogP contribution in [-0.4, -0.2) is 41.9 Å². The van der Waals surface area contributed by atoms with Crippen molar-refractivity contribution in [3.05, 3.63) is 89.7 Å². The largest absolute Gasteiger partial charge is 0.363 e. The smallest absolute Gasteiger partial charge is 0.191 e. The Labute approximate surface area is 188 Å². The van der Waals surface area contributed by atoms with Crippen molar-refractivity contribution in [2.45, 2.75) is 19.6 Å². The van der Waals surface area contributed by atoms with Gasteiger partial charge in [-0.05, 0) is 34.9 Å². The van der Waals surface area contributed by atoms with Crippen molar-refractivity contribution < 1.29 is 0 Å². The molecule has 7 nitrogen and oxygen atoms in total. The first kappa shape index (κ1) is 21.4. The maximum absolute atomic E-state index is 4.74. The molecule has 0 amide bonds. The zero-order valence-corrected chi connectivity index (χ0v) is 18.8. The molecule has 0 atom stereocenters. The molecule has 0 aliphatic carbocycles. The molecular weight excluding hydrogens is 398 g/mol. The topological polar surface area (TPSA) is 70.4 Å². The molecular formula is C25H29N7. The minimum Gasteiger partial charge on any atom is -0.363 e. The van der Waals surface area contributed by atoms with Gasteiger partial charge in [0.05, 0.1) is 12.1 Å². The standard InChI is InChI=1S/C25H29N7/c1-26-25(27-16-19-9-4-5-10-20(19)18-32-14-8-13-29-32)28-17-21-15-24(31(2)3)30-23-12-7-6-11-22(21)23/h4-15H,16-18H2,1-3H3,(H2,26,27,28). The number of aromatic nitrogens is 3. The average molecular weight is 428 g/mol. The molecule has 0 radical (unpaired) electrons. The van der Waals surface area contributed by atoms with E-state index in [-0.39, 0.29) is 0 Å². The Morgan fingerprint density at radius 1 is 0.938 bits per heavy atom. The lowest BCUT2D eigenvalue weighted by Gasteiger charge is -2.17. The molecule has 0 bridgehead atoms. The Bertz CT molecular complexity index is 1200. The Kier molecular flexibility index (Phi) is 6.65. The van der Waals surface area contributed by atoms with Crippen LogP contribution in [0, 0.1) is 0 Å². The Morgan fingerprint density at radius 2 is 1.66 bits per heavy atom. The molecule has 0 unspecified atom stereocenters. The van der Waals surface area contributed by atoms with Crippen LogP contribution in [0.1, 0.15) is 16.7 Å². The molecule has 0 aliphatic heterocycles. The molecule has 4 rings (SSSR count). The van der Waals surface area contributed by atoms with Gasteiger partial charge < -0.3 is 15.5 Å². The number of fused-ring (bicyclic) bond motifs is 1. The van der Waals surface area contributed by atoms with E-state index in [1.54, 1.807) is 13.2 Å². The van der Waals surface area contributed by atoms with Gasteiger partial charge in [-0.3, -0.25) is 9.67 Å². The fraction of sp³-hybridized carbons (Fsp3) is 0.240. The number of benzene rings is 2. The molecule has 0 aliphatic rings. The van der Waals surface area contributed by atoms with Gasteiger partial charge in [0.25, 0.3) is 0 Å². The Hall–Kier alpha value is -3.87. The zero-order chi connectivity index (χ0) is 22.3. The second-order valence-corrected chi connectivity index (χ2v) is 7.80. The van der Waals surface area contributed by atoms with Gasteiger partial charge >= 0.3 is 0 Å². The summed E-state index contributed by atoms with van der Waals surface area (Å²) in [6.45, 7) is 2.07. The first-order valence-electron chi connectivity index (χ1n) is 10.7. The molecule has 0 fully saturated rings. The number of anilines is 1. The molecule has 0 saturated carbocycles. The van der Waals surface area contributed by atoms with Crippen LogP contribution in [0.2, 0.25) is 0 Å². The maximum Gasteiger partial charge on any atom is 0.191 e. The third kappa shape index (κ3) is 5.06. The monoisotopic (exact) mass is 427 g/mol. The van der Waals surface area contributed by atoms with Crippen molar-refractivity contribution in [1.29, 1.82) is 0 Å². The van der Waals surface area contributed by atoms with Gasteiger partial charge in [0.2, 0.25) is 0 Å². The van der Waals surface area contributed by atoms with E-state index in [1.807, 2.05) is 48.1 Å². The summed E-state index contributed by atoms with van der Waals surface area (Å²) in [7, 11) is 5.81. The number of para-hydroxylation sites is 1. The van der Waals surface area contributed by atoms with E-state index in [0.717, 1.165) is 29.2 Å². The summed E-state index contributed by atoms with van der Waals surface area (Å²) in [5.41, 5.74) is 4.62. The number of aliphatic imine (C=N–C) groups is 1. The third-order valence-corrected chi connectivity index (χ3v) is 5.37. The number of rotatable bonds is 7. The van der Waals surface area contributed by atoms with Crippen LogP contribution in [0.25, 0.3) is 10.9 Å². The highest BCUT2D eigenvalue weighted by Crippen LogP contribution is 2.22. The van der Waals surface area contributed by atoms with Crippen LogP contribution in [0.5, 0.6) is 0 Å². The summed E-state index contributed by atoms with van der Waals surface area (Å²) < 4.78 is 1.93. The predicted octanol–water partition coefficient (Wildman–Crippen LogP) is 3.41. The minimum absolute atomic E-state index is 0.651. The number of nitrogens with zero attached hydrogens (tertiary/aromatic N) is 5. The van der Waals surface area contributed by atoms with Crippen LogP contribution >= 0.6 is 0 Å². The maximum atomic E-state index is 4.74. The second-order valence-electron chi connectivity index (χ2n) is 7.80. The van der Waals surface area contributed by atoms with Crippen LogP contribution in [0.15, 0.2) is 78.0 Å². The van der Waals surface area contributed by atoms with Crippen molar-refractivity contribution in [1.82, 2.24) is 25.4 Å². The lowest BCUT2D eigenvalue weighted by atomic mass is 10.1. The van der Waals surface area contributed by atoms with Crippen molar-refractivity contribution in [2.24, 2.45) is 4.99 Å². The third-order valence-electron chi connectivity index (χ3n) is 5.37. The first-order chi connectivity index (χ1) is 15.6. The SMILES string of the molecule is CN=C(NCc1ccccc1Cn1cccn1)NCc1cc(N(C)C)nc2ccccc12. The summed E-state index contributed by atoms with van der Waals surface area (Å²) in [6.07, 6.45) is 3.78. The van der Waals surface area contributed by atoms with Gasteiger partial charge in [0.1, 0.15) is 5.82 Å². The predicted molar refractivity (Wildman–Crippen MR) is 131 cm³/mol. The minimum atomic E-state index is 0.651. The van der Waals surface area contributed by atoms with Crippen molar-refractivity contribution in [2.75, 3.05) is 26.0 Å². The summed E-state index contributed by atoms with van der Waals surface area (Å²) in [5.74, 6) is 1.70. The van der Waals surface area contributed by atoms with E-state index in [2.05, 4.69) is 63.2 Å². The van der Waals surface area contributed by atoms with Crippen molar-refractivity contribution in [3.8, 4) is 0 Å². The molecule has 4 aromatic rings. The van der Waals surface area contributed by atoms with E-state index >= 15 is 0 Å². The van der Waals surface area contributed by atoms with Crippen LogP contribution in [0.4, 0.5) is 5.82 Å². The number of hydrogen-bond donors (Lipinski definition) is 2. The van der Waals surface area contributed by atoms with Crippen molar-refractivity contribution >= 4 is 22.7 Å². The number of pyridine rings is 1. The Balaban J connectivity index is 1.45. The van der Waals surface area contributed by atoms with E-state index in [9.17, 15) is 0 Å². The number of nitrogens with one attached hydrogen (secondary N) is 2. The van der Waals surface area contributed by atoms with Gasteiger partial charge in [0, 0.05) is 52.0 Å². The molecule has 2 N–H and O–H groups in total. The van der Waals surface area contributed by atoms with E-state index in [1.165, 1.54) is 16.7 Å². The van der Waals surface area contributed by atoms with Crippen LogP contribution in [0.3, 0.4) is 0 Å². The molecule has 2 heterocycles. The van der Waals surface area contributed by atoms with Crippen LogP contribution < -0.4 is 15.5 Å². The highest BCUT2D eigenvalue weighted by molar-refractivity contribution is 5.85. The van der Waals surface area contributed by atoms with Gasteiger partial charge in [-0.2, -0.15) is 5.10 Å². The molecule has 2 aromatic heterocycles. The average Bonchev–Trinajstić information content (AvgIpc) is 3.33. The van der Waals surface area contributed by atoms with E-state index in [0.29, 0.717) is 13.1 Å². The highest BCUT2D eigenvalue weighted by Gasteiger charge is 2.09. The van der Waals surface area contributed by atoms with Gasteiger partial charge in [-0.25, -0.2) is 4.98 Å². The first-order valence-corrected chi connectivity index (χ1v) is 10.7. The summed E-state index contributed by atoms with van der Waals surface area (Å²) in [5, 5.41) is 12.4. The van der Waals surface area contributed by atoms with Gasteiger partial charge in [0.15, 0.2) is 5.96 Å². The summed E-state index contributed by atoms with van der Waals surface area (Å²) in [6, 6.07) is 20.7. The molecule has 0 saturated heterocycles. The number of hydrogen-bond acceptors (Lipinski definition) is 4. The number of guanidine groups is 1. The summed E-state index contributed by atoms with van der Waals surface area (Å²) >= 11 is 0. The lowest BCUT2D eigenvalue weighted by Crippen LogP contribution is -2.36. The van der Waals surface area contributed by atoms with E-state index < -0.39 is 0 Å². The molecule has 164 valence electrons. The van der Waals surface area contributed by atoms with E-state index in [4.69, 9.17) is 4.98 Å². The molecule has 0 spiro atoms. The quantitative estimate of drug-likeness (QED) is 0.349. The Morgan fingerprint density at radius 3 is 2.38 bits per heavy atom. The lowest BCUT2D eigenvalue weighted by molar-refractivity contribution is 0.677. The summed E-state index contributed by atoms with van der Waals surface area (Å²) in [4.78, 5) is 11.2. The zero-order valence-electron chi connectivity index (χ0n) is 18.8. The van der Waals surface area contributed by atoms with Gasteiger partial charge in [-0.15, -0.1) is 0 Å². The molecule has 32 heavy (non-hydrogen) atoms. The normalized spacial score (nSPS) is 11.5. The van der Waals surface area contributed by atoms with Gasteiger partial charge in [-0.1, -0.05) is 42.5 Å². The fourth-order valence-electron chi connectivity index (χ4n) is 3.64. The highest BCUT2D eigenvalue weighted by atomic mass is 15.3. The van der Waals surface area contributed by atoms with Crippen molar-refractivity contribution in [3.63, 3.8) is 0 Å². The molecule has 7 heteroatoms. The fourth-order valence-corrected chi connectivity index (χ4v) is 3.64. The molecule has 2 aromatic carbocycles. The van der Waals surface area contributed by atoms with Crippen LogP contribution in [-0.2, 0) is 19.6 Å².